The van der Waals surface area contributed by atoms with Crippen LogP contribution in [0.1, 0.15) is 13.8 Å². The Hall–Kier alpha value is -0.770. The minimum absolute atomic E-state index is 0.173. The maximum absolute atomic E-state index is 6.26. The van der Waals surface area contributed by atoms with Gasteiger partial charge in [-0.3, -0.25) is 4.90 Å². The SMILES string of the molecule is CNC(C)(C)CN1CCN(c2ccccc2Cl)CC1. The summed E-state index contributed by atoms with van der Waals surface area (Å²) in [6.45, 7) is 9.85. The number of nitrogens with zero attached hydrogens (tertiary/aromatic N) is 2. The van der Waals surface area contributed by atoms with Crippen LogP contribution in [-0.4, -0.2) is 50.2 Å². The Balaban J connectivity index is 1.91. The van der Waals surface area contributed by atoms with Gasteiger partial charge in [-0.2, -0.15) is 0 Å². The fraction of sp³-hybridized carbons (Fsp3) is 0.600. The Labute approximate surface area is 121 Å². The van der Waals surface area contributed by atoms with Gasteiger partial charge in [0.2, 0.25) is 0 Å². The second-order valence-electron chi connectivity index (χ2n) is 5.85. The molecule has 0 bridgehead atoms. The van der Waals surface area contributed by atoms with Crippen LogP contribution in [0.3, 0.4) is 0 Å². The highest BCUT2D eigenvalue weighted by Crippen LogP contribution is 2.26. The Morgan fingerprint density at radius 2 is 1.79 bits per heavy atom. The summed E-state index contributed by atoms with van der Waals surface area (Å²) in [6, 6.07) is 8.11. The van der Waals surface area contributed by atoms with Crippen LogP contribution in [-0.2, 0) is 0 Å². The number of halogens is 1. The van der Waals surface area contributed by atoms with E-state index in [1.807, 2.05) is 19.2 Å². The van der Waals surface area contributed by atoms with Crippen molar-refractivity contribution in [3.05, 3.63) is 29.3 Å². The summed E-state index contributed by atoms with van der Waals surface area (Å²) in [7, 11) is 2.03. The van der Waals surface area contributed by atoms with Crippen molar-refractivity contribution in [2.45, 2.75) is 19.4 Å². The highest BCUT2D eigenvalue weighted by molar-refractivity contribution is 6.33. The first kappa shape index (κ1) is 14.6. The summed E-state index contributed by atoms with van der Waals surface area (Å²) >= 11 is 6.26. The molecule has 0 amide bonds. The lowest BCUT2D eigenvalue weighted by Gasteiger charge is -2.40. The number of likely N-dealkylation sites (N-methyl/N-ethyl adjacent to an activating group) is 1. The van der Waals surface area contributed by atoms with Gasteiger partial charge in [-0.15, -0.1) is 0 Å². The van der Waals surface area contributed by atoms with Crippen LogP contribution in [0.5, 0.6) is 0 Å². The van der Waals surface area contributed by atoms with Crippen molar-refractivity contribution in [1.29, 1.82) is 0 Å². The molecule has 1 fully saturated rings. The average molecular weight is 282 g/mol. The summed E-state index contributed by atoms with van der Waals surface area (Å²) in [5.74, 6) is 0. The van der Waals surface area contributed by atoms with Crippen LogP contribution in [0.4, 0.5) is 5.69 Å². The van der Waals surface area contributed by atoms with Crippen LogP contribution in [0, 0.1) is 0 Å². The summed E-state index contributed by atoms with van der Waals surface area (Å²) in [4.78, 5) is 4.90. The monoisotopic (exact) mass is 281 g/mol. The topological polar surface area (TPSA) is 18.5 Å². The minimum Gasteiger partial charge on any atom is -0.368 e. The van der Waals surface area contributed by atoms with Gasteiger partial charge in [0.1, 0.15) is 0 Å². The second-order valence-corrected chi connectivity index (χ2v) is 6.26. The Kier molecular flexibility index (Phi) is 4.71. The molecule has 0 saturated carbocycles. The van der Waals surface area contributed by atoms with Crippen LogP contribution < -0.4 is 10.2 Å². The van der Waals surface area contributed by atoms with Gasteiger partial charge in [0.15, 0.2) is 0 Å². The molecule has 19 heavy (non-hydrogen) atoms. The van der Waals surface area contributed by atoms with Crippen LogP contribution in [0.25, 0.3) is 0 Å². The highest BCUT2D eigenvalue weighted by Gasteiger charge is 2.24. The maximum Gasteiger partial charge on any atom is 0.0639 e. The molecular weight excluding hydrogens is 258 g/mol. The zero-order valence-corrected chi connectivity index (χ0v) is 12.9. The number of hydrogen-bond donors (Lipinski definition) is 1. The summed E-state index contributed by atoms with van der Waals surface area (Å²) in [5.41, 5.74) is 1.34. The van der Waals surface area contributed by atoms with Crippen LogP contribution in [0.2, 0.25) is 5.02 Å². The summed E-state index contributed by atoms with van der Waals surface area (Å²) in [5, 5.41) is 4.22. The summed E-state index contributed by atoms with van der Waals surface area (Å²) < 4.78 is 0. The first-order chi connectivity index (χ1) is 9.02. The molecular formula is C15H24ClN3. The molecule has 0 aliphatic carbocycles. The molecule has 1 heterocycles. The van der Waals surface area contributed by atoms with Crippen molar-refractivity contribution >= 4 is 17.3 Å². The maximum atomic E-state index is 6.26. The van der Waals surface area contributed by atoms with Gasteiger partial charge in [0.25, 0.3) is 0 Å². The molecule has 1 saturated heterocycles. The molecule has 4 heteroatoms. The van der Waals surface area contributed by atoms with E-state index in [1.165, 1.54) is 0 Å². The number of nitrogens with one attached hydrogen (secondary N) is 1. The van der Waals surface area contributed by atoms with E-state index in [-0.39, 0.29) is 5.54 Å². The third kappa shape index (κ3) is 3.85. The Morgan fingerprint density at radius 1 is 1.16 bits per heavy atom. The number of hydrogen-bond acceptors (Lipinski definition) is 3. The minimum atomic E-state index is 0.173. The first-order valence-electron chi connectivity index (χ1n) is 6.92. The lowest BCUT2D eigenvalue weighted by atomic mass is 10.0. The number of benzene rings is 1. The van der Waals surface area contributed by atoms with Crippen molar-refractivity contribution in [2.24, 2.45) is 0 Å². The number of piperazine rings is 1. The molecule has 1 aliphatic heterocycles. The highest BCUT2D eigenvalue weighted by atomic mass is 35.5. The normalized spacial score (nSPS) is 17.8. The van der Waals surface area contributed by atoms with Gasteiger partial charge < -0.3 is 10.2 Å². The molecule has 1 N–H and O–H groups in total. The summed E-state index contributed by atoms with van der Waals surface area (Å²) in [6.07, 6.45) is 0. The van der Waals surface area contributed by atoms with Crippen molar-refractivity contribution in [2.75, 3.05) is 44.7 Å². The fourth-order valence-corrected chi connectivity index (χ4v) is 2.75. The third-order valence-corrected chi connectivity index (χ3v) is 4.18. The standard InChI is InChI=1S/C15H24ClN3/c1-15(2,17-3)12-18-8-10-19(11-9-18)14-7-5-4-6-13(14)16/h4-7,17H,8-12H2,1-3H3. The Bertz CT molecular complexity index is 412. The molecule has 1 aliphatic rings. The smallest absolute Gasteiger partial charge is 0.0639 e. The van der Waals surface area contributed by atoms with Crippen molar-refractivity contribution < 1.29 is 0 Å². The molecule has 1 aromatic carbocycles. The van der Waals surface area contributed by atoms with E-state index in [0.717, 1.165) is 43.4 Å². The van der Waals surface area contributed by atoms with E-state index >= 15 is 0 Å². The van der Waals surface area contributed by atoms with E-state index in [1.54, 1.807) is 0 Å². The van der Waals surface area contributed by atoms with E-state index < -0.39 is 0 Å². The second kappa shape index (κ2) is 6.12. The van der Waals surface area contributed by atoms with E-state index in [9.17, 15) is 0 Å². The van der Waals surface area contributed by atoms with Gasteiger partial charge in [-0.05, 0) is 33.0 Å². The lowest BCUT2D eigenvalue weighted by molar-refractivity contribution is 0.197. The quantitative estimate of drug-likeness (QED) is 0.915. The van der Waals surface area contributed by atoms with Crippen molar-refractivity contribution in [1.82, 2.24) is 10.2 Å². The number of anilines is 1. The molecule has 0 aromatic heterocycles. The fourth-order valence-electron chi connectivity index (χ4n) is 2.49. The third-order valence-electron chi connectivity index (χ3n) is 3.86. The predicted molar refractivity (Wildman–Crippen MR) is 83.2 cm³/mol. The molecule has 1 aromatic rings. The molecule has 0 radical (unpaired) electrons. The largest absolute Gasteiger partial charge is 0.368 e. The van der Waals surface area contributed by atoms with E-state index in [2.05, 4.69) is 41.1 Å². The van der Waals surface area contributed by atoms with E-state index in [4.69, 9.17) is 11.6 Å². The van der Waals surface area contributed by atoms with E-state index in [0.29, 0.717) is 0 Å². The van der Waals surface area contributed by atoms with Gasteiger partial charge in [0, 0.05) is 38.3 Å². The number of rotatable bonds is 4. The number of para-hydroxylation sites is 1. The molecule has 2 rings (SSSR count). The van der Waals surface area contributed by atoms with Crippen LogP contribution in [0.15, 0.2) is 24.3 Å². The van der Waals surface area contributed by atoms with Gasteiger partial charge >= 0.3 is 0 Å². The molecule has 3 nitrogen and oxygen atoms in total. The van der Waals surface area contributed by atoms with Gasteiger partial charge in [-0.1, -0.05) is 23.7 Å². The van der Waals surface area contributed by atoms with Crippen molar-refractivity contribution in [3.63, 3.8) is 0 Å². The molecule has 0 unspecified atom stereocenters. The molecule has 106 valence electrons. The van der Waals surface area contributed by atoms with Crippen molar-refractivity contribution in [3.8, 4) is 0 Å². The zero-order chi connectivity index (χ0) is 13.9. The average Bonchev–Trinajstić information content (AvgIpc) is 2.40. The predicted octanol–water partition coefficient (Wildman–Crippen LogP) is 2.46. The first-order valence-corrected chi connectivity index (χ1v) is 7.30. The lowest BCUT2D eigenvalue weighted by Crippen LogP contribution is -2.54. The molecule has 0 atom stereocenters. The van der Waals surface area contributed by atoms with Gasteiger partial charge in [0.05, 0.1) is 10.7 Å². The molecule has 0 spiro atoms. The van der Waals surface area contributed by atoms with Gasteiger partial charge in [-0.25, -0.2) is 0 Å². The Morgan fingerprint density at radius 3 is 2.37 bits per heavy atom. The van der Waals surface area contributed by atoms with Crippen LogP contribution >= 0.6 is 11.6 Å². The zero-order valence-electron chi connectivity index (χ0n) is 12.1.